The van der Waals surface area contributed by atoms with E-state index in [9.17, 15) is 4.79 Å². The zero-order valence-corrected chi connectivity index (χ0v) is 24.5. The molecule has 0 bridgehead atoms. The van der Waals surface area contributed by atoms with Crippen molar-refractivity contribution in [3.05, 3.63) is 108 Å². The van der Waals surface area contributed by atoms with E-state index in [-0.39, 0.29) is 6.04 Å². The Morgan fingerprint density at radius 1 is 0.561 bits per heavy atom. The molecule has 3 aliphatic rings. The molecule has 41 heavy (non-hydrogen) atoms. The average molecular weight is 551 g/mol. The van der Waals surface area contributed by atoms with Gasteiger partial charge in [0.15, 0.2) is 0 Å². The van der Waals surface area contributed by atoms with Crippen LogP contribution < -0.4 is 0 Å². The van der Waals surface area contributed by atoms with Gasteiger partial charge < -0.3 is 4.90 Å². The fourth-order valence-corrected chi connectivity index (χ4v) is 7.34. The summed E-state index contributed by atoms with van der Waals surface area (Å²) in [4.78, 5) is 24.5. The van der Waals surface area contributed by atoms with E-state index in [1.807, 2.05) is 0 Å². The van der Waals surface area contributed by atoms with Gasteiger partial charge in [-0.05, 0) is 74.8 Å². The Morgan fingerprint density at radius 2 is 0.951 bits per heavy atom. The molecule has 3 saturated heterocycles. The Morgan fingerprint density at radius 3 is 1.41 bits per heavy atom. The molecule has 5 heteroatoms. The number of nitrogens with zero attached hydrogens (tertiary/aromatic N) is 4. The molecule has 216 valence electrons. The Labute approximate surface area is 246 Å². The fraction of sp³-hybridized carbons (Fsp3) is 0.472. The SMILES string of the molecule is O=C([C@@H]1CCCN1Cc1ccccc1)N(C[C@@H]1CCCN1Cc1ccccc1)C[C@@H]1CCCN1Cc1ccccc1. The van der Waals surface area contributed by atoms with Crippen LogP contribution in [0.5, 0.6) is 0 Å². The largest absolute Gasteiger partial charge is 0.338 e. The van der Waals surface area contributed by atoms with E-state index in [0.717, 1.165) is 65.2 Å². The van der Waals surface area contributed by atoms with Crippen LogP contribution in [-0.2, 0) is 24.4 Å². The number of amides is 1. The second-order valence-electron chi connectivity index (χ2n) is 12.4. The van der Waals surface area contributed by atoms with E-state index in [2.05, 4.69) is 111 Å². The summed E-state index contributed by atoms with van der Waals surface area (Å²) in [6, 6.07) is 33.2. The van der Waals surface area contributed by atoms with Gasteiger partial charge >= 0.3 is 0 Å². The lowest BCUT2D eigenvalue weighted by atomic mass is 10.1. The maximum atomic E-state index is 14.5. The van der Waals surface area contributed by atoms with Crippen molar-refractivity contribution in [2.75, 3.05) is 32.7 Å². The molecule has 3 aromatic rings. The molecule has 3 heterocycles. The molecule has 6 rings (SSSR count). The van der Waals surface area contributed by atoms with Gasteiger partial charge in [0.25, 0.3) is 0 Å². The summed E-state index contributed by atoms with van der Waals surface area (Å²) in [5.41, 5.74) is 4.03. The summed E-state index contributed by atoms with van der Waals surface area (Å²) in [7, 11) is 0. The van der Waals surface area contributed by atoms with Crippen LogP contribution >= 0.6 is 0 Å². The molecule has 0 spiro atoms. The topological polar surface area (TPSA) is 30.0 Å². The van der Waals surface area contributed by atoms with Gasteiger partial charge in [0.05, 0.1) is 6.04 Å². The third kappa shape index (κ3) is 7.27. The second-order valence-corrected chi connectivity index (χ2v) is 12.4. The summed E-state index contributed by atoms with van der Waals surface area (Å²) in [6.45, 7) is 7.74. The molecular formula is C36H46N4O. The lowest BCUT2D eigenvalue weighted by Crippen LogP contribution is -2.53. The van der Waals surface area contributed by atoms with Crippen molar-refractivity contribution in [2.24, 2.45) is 0 Å². The normalized spacial score (nSPS) is 23.8. The molecular weight excluding hydrogens is 504 g/mol. The first kappa shape index (κ1) is 28.1. The number of rotatable bonds is 11. The Balaban J connectivity index is 1.19. The summed E-state index contributed by atoms with van der Waals surface area (Å²) in [5.74, 6) is 0.358. The third-order valence-electron chi connectivity index (χ3n) is 9.51. The highest BCUT2D eigenvalue weighted by molar-refractivity contribution is 5.82. The van der Waals surface area contributed by atoms with E-state index in [1.165, 1.54) is 42.4 Å². The minimum Gasteiger partial charge on any atom is -0.338 e. The van der Waals surface area contributed by atoms with Crippen molar-refractivity contribution >= 4 is 5.91 Å². The lowest BCUT2D eigenvalue weighted by molar-refractivity contribution is -0.137. The van der Waals surface area contributed by atoms with E-state index in [0.29, 0.717) is 18.0 Å². The number of carbonyl (C=O) groups excluding carboxylic acids is 1. The first-order valence-corrected chi connectivity index (χ1v) is 15.9. The van der Waals surface area contributed by atoms with Gasteiger partial charge in [0.2, 0.25) is 5.91 Å². The number of hydrogen-bond donors (Lipinski definition) is 0. The predicted molar refractivity (Wildman–Crippen MR) is 166 cm³/mol. The van der Waals surface area contributed by atoms with Gasteiger partial charge in [-0.3, -0.25) is 19.5 Å². The number of hydrogen-bond acceptors (Lipinski definition) is 4. The summed E-state index contributed by atoms with van der Waals surface area (Å²) >= 11 is 0. The van der Waals surface area contributed by atoms with Crippen LogP contribution in [0.1, 0.15) is 55.2 Å². The van der Waals surface area contributed by atoms with Crippen LogP contribution in [0.3, 0.4) is 0 Å². The molecule has 3 aromatic carbocycles. The van der Waals surface area contributed by atoms with Crippen LogP contribution in [0, 0.1) is 0 Å². The van der Waals surface area contributed by atoms with Crippen molar-refractivity contribution in [3.63, 3.8) is 0 Å². The Hall–Kier alpha value is -2.99. The highest BCUT2D eigenvalue weighted by Gasteiger charge is 2.38. The van der Waals surface area contributed by atoms with Crippen LogP contribution in [0.25, 0.3) is 0 Å². The first-order valence-electron chi connectivity index (χ1n) is 15.9. The quantitative estimate of drug-likeness (QED) is 0.302. The highest BCUT2D eigenvalue weighted by atomic mass is 16.2. The summed E-state index contributed by atoms with van der Waals surface area (Å²) < 4.78 is 0. The standard InChI is InChI=1S/C36H46N4O/c41-36(35-21-12-24-39(35)27-32-17-8-3-9-18-32)40(28-33-19-10-22-37(33)25-30-13-4-1-5-14-30)29-34-20-11-23-38(34)26-31-15-6-2-7-16-31/h1-9,13-18,33-35H,10-12,19-29H2/t33-,34-,35-/m0/s1. The van der Waals surface area contributed by atoms with E-state index in [1.54, 1.807) is 0 Å². The van der Waals surface area contributed by atoms with Gasteiger partial charge in [-0.1, -0.05) is 91.0 Å². The summed E-state index contributed by atoms with van der Waals surface area (Å²) in [6.07, 6.45) is 6.85. The minimum atomic E-state index is -0.0110. The molecule has 0 unspecified atom stereocenters. The van der Waals surface area contributed by atoms with Crippen molar-refractivity contribution in [1.29, 1.82) is 0 Å². The van der Waals surface area contributed by atoms with Crippen molar-refractivity contribution in [1.82, 2.24) is 19.6 Å². The first-order chi connectivity index (χ1) is 20.2. The molecule has 0 saturated carbocycles. The van der Waals surface area contributed by atoms with Crippen LogP contribution in [0.4, 0.5) is 0 Å². The van der Waals surface area contributed by atoms with E-state index in [4.69, 9.17) is 0 Å². The maximum absolute atomic E-state index is 14.5. The van der Waals surface area contributed by atoms with Crippen molar-refractivity contribution in [2.45, 2.75) is 76.3 Å². The Bertz CT molecular complexity index is 1160. The van der Waals surface area contributed by atoms with Crippen LogP contribution in [0.2, 0.25) is 0 Å². The molecule has 3 fully saturated rings. The minimum absolute atomic E-state index is 0.0110. The van der Waals surface area contributed by atoms with Crippen LogP contribution in [0.15, 0.2) is 91.0 Å². The van der Waals surface area contributed by atoms with Gasteiger partial charge in [0.1, 0.15) is 0 Å². The second kappa shape index (κ2) is 13.8. The zero-order valence-electron chi connectivity index (χ0n) is 24.5. The van der Waals surface area contributed by atoms with Crippen LogP contribution in [-0.4, -0.2) is 76.4 Å². The van der Waals surface area contributed by atoms with E-state index >= 15 is 0 Å². The van der Waals surface area contributed by atoms with Gasteiger partial charge in [-0.15, -0.1) is 0 Å². The maximum Gasteiger partial charge on any atom is 0.240 e. The number of benzene rings is 3. The third-order valence-corrected chi connectivity index (χ3v) is 9.51. The van der Waals surface area contributed by atoms with Gasteiger partial charge in [-0.25, -0.2) is 0 Å². The summed E-state index contributed by atoms with van der Waals surface area (Å²) in [5, 5.41) is 0. The van der Waals surface area contributed by atoms with Gasteiger partial charge in [0, 0.05) is 44.8 Å². The molecule has 0 radical (unpaired) electrons. The van der Waals surface area contributed by atoms with Gasteiger partial charge in [-0.2, -0.15) is 0 Å². The fourth-order valence-electron chi connectivity index (χ4n) is 7.34. The predicted octanol–water partition coefficient (Wildman–Crippen LogP) is 5.81. The number of carbonyl (C=O) groups is 1. The highest BCUT2D eigenvalue weighted by Crippen LogP contribution is 2.27. The monoisotopic (exact) mass is 550 g/mol. The molecule has 1 amide bonds. The average Bonchev–Trinajstić information content (AvgIpc) is 3.76. The molecule has 3 atom stereocenters. The molecule has 0 aromatic heterocycles. The zero-order chi connectivity index (χ0) is 27.9. The smallest absolute Gasteiger partial charge is 0.240 e. The molecule has 0 N–H and O–H groups in total. The lowest BCUT2D eigenvalue weighted by Gasteiger charge is -2.37. The van der Waals surface area contributed by atoms with Crippen molar-refractivity contribution < 1.29 is 4.79 Å². The Kier molecular flexibility index (Phi) is 9.46. The molecule has 0 aliphatic carbocycles. The molecule has 3 aliphatic heterocycles. The number of likely N-dealkylation sites (tertiary alicyclic amines) is 3. The van der Waals surface area contributed by atoms with E-state index < -0.39 is 0 Å². The van der Waals surface area contributed by atoms with Crippen molar-refractivity contribution in [3.8, 4) is 0 Å². The molecule has 5 nitrogen and oxygen atoms in total.